The predicted octanol–water partition coefficient (Wildman–Crippen LogP) is 6.30. The second-order valence-electron chi connectivity index (χ2n) is 6.94. The molecule has 3 aromatic carbocycles. The number of nitrogens with zero attached hydrogens (tertiary/aromatic N) is 1. The predicted molar refractivity (Wildman–Crippen MR) is 116 cm³/mol. The molecule has 0 aliphatic rings. The third-order valence-corrected chi connectivity index (χ3v) is 5.21. The summed E-state index contributed by atoms with van der Waals surface area (Å²) >= 11 is 5.93. The van der Waals surface area contributed by atoms with E-state index in [1.54, 1.807) is 0 Å². The molecule has 0 fully saturated rings. The van der Waals surface area contributed by atoms with Crippen molar-refractivity contribution in [1.29, 1.82) is 0 Å². The van der Waals surface area contributed by atoms with Gasteiger partial charge in [-0.2, -0.15) is 5.10 Å². The summed E-state index contributed by atoms with van der Waals surface area (Å²) in [4.78, 5) is 0. The Bertz CT molecular complexity index is 1140. The van der Waals surface area contributed by atoms with Gasteiger partial charge in [-0.3, -0.25) is 5.10 Å². The molecular formula is C24H21ClN2O2. The number of aryl methyl sites for hydroxylation is 1. The second-order valence-corrected chi connectivity index (χ2v) is 7.37. The lowest BCUT2D eigenvalue weighted by Gasteiger charge is -2.14. The number of hydrogen-bond acceptors (Lipinski definition) is 3. The molecular weight excluding hydrogens is 384 g/mol. The Balaban J connectivity index is 1.66. The smallest absolute Gasteiger partial charge is 0.131 e. The van der Waals surface area contributed by atoms with Gasteiger partial charge in [0.2, 0.25) is 0 Å². The zero-order valence-electron chi connectivity index (χ0n) is 16.2. The molecule has 4 nitrogen and oxygen atoms in total. The molecule has 0 saturated heterocycles. The van der Waals surface area contributed by atoms with Gasteiger partial charge >= 0.3 is 0 Å². The van der Waals surface area contributed by atoms with Gasteiger partial charge in [0.1, 0.15) is 23.8 Å². The zero-order valence-corrected chi connectivity index (χ0v) is 17.0. The molecule has 1 aromatic heterocycles. The molecule has 0 saturated carbocycles. The van der Waals surface area contributed by atoms with E-state index in [2.05, 4.69) is 10.2 Å². The molecule has 0 amide bonds. The Morgan fingerprint density at radius 2 is 1.69 bits per heavy atom. The number of rotatable bonds is 5. The Morgan fingerprint density at radius 1 is 0.966 bits per heavy atom. The summed E-state index contributed by atoms with van der Waals surface area (Å²) < 4.78 is 5.92. The molecule has 0 radical (unpaired) electrons. The van der Waals surface area contributed by atoms with Gasteiger partial charge in [-0.25, -0.2) is 0 Å². The van der Waals surface area contributed by atoms with Crippen molar-refractivity contribution in [3.05, 3.63) is 88.6 Å². The minimum absolute atomic E-state index is 0.169. The molecule has 5 heteroatoms. The lowest BCUT2D eigenvalue weighted by atomic mass is 9.97. The number of nitrogens with one attached hydrogen (secondary N) is 1. The summed E-state index contributed by atoms with van der Waals surface area (Å²) in [6.45, 7) is 4.22. The van der Waals surface area contributed by atoms with E-state index in [4.69, 9.17) is 16.3 Å². The van der Waals surface area contributed by atoms with E-state index in [1.807, 2.05) is 80.6 Å². The fraction of sp³-hybridized carbons (Fsp3) is 0.125. The van der Waals surface area contributed by atoms with Crippen LogP contribution in [0.25, 0.3) is 22.4 Å². The van der Waals surface area contributed by atoms with Gasteiger partial charge in [0.05, 0.1) is 0 Å². The topological polar surface area (TPSA) is 58.1 Å². The summed E-state index contributed by atoms with van der Waals surface area (Å²) in [7, 11) is 0. The van der Waals surface area contributed by atoms with Crippen molar-refractivity contribution in [2.75, 3.05) is 0 Å². The molecule has 0 aliphatic heterocycles. The van der Waals surface area contributed by atoms with Crippen molar-refractivity contribution < 1.29 is 9.84 Å². The number of benzene rings is 3. The Morgan fingerprint density at radius 3 is 2.41 bits per heavy atom. The number of H-pyrrole nitrogens is 1. The molecule has 2 N–H and O–H groups in total. The molecule has 0 bridgehead atoms. The minimum atomic E-state index is 0.169. The van der Waals surface area contributed by atoms with Gasteiger partial charge in [-0.05, 0) is 49.2 Å². The van der Waals surface area contributed by atoms with Crippen molar-refractivity contribution >= 4 is 11.6 Å². The van der Waals surface area contributed by atoms with E-state index in [0.29, 0.717) is 28.5 Å². The maximum Gasteiger partial charge on any atom is 0.131 e. The summed E-state index contributed by atoms with van der Waals surface area (Å²) in [6, 6.07) is 21.3. The fourth-order valence-electron chi connectivity index (χ4n) is 3.35. The summed E-state index contributed by atoms with van der Waals surface area (Å²) in [5, 5.41) is 19.1. The standard InChI is InChI=1S/C24H21ClN2O2/c1-15-21(29-14-17-8-10-19(25)11-9-17)13-12-20(24(15)28)23-22(16(2)26-27-23)18-6-4-3-5-7-18/h3-13,28H,14H2,1-2H3,(H,26,27). The van der Waals surface area contributed by atoms with Crippen molar-refractivity contribution in [2.24, 2.45) is 0 Å². The van der Waals surface area contributed by atoms with Crippen LogP contribution >= 0.6 is 11.6 Å². The van der Waals surface area contributed by atoms with Crippen molar-refractivity contribution in [1.82, 2.24) is 10.2 Å². The normalized spacial score (nSPS) is 10.9. The summed E-state index contributed by atoms with van der Waals surface area (Å²) in [5.41, 5.74) is 6.06. The first kappa shape index (κ1) is 19.1. The first-order valence-corrected chi connectivity index (χ1v) is 9.73. The average Bonchev–Trinajstić information content (AvgIpc) is 3.12. The fourth-order valence-corrected chi connectivity index (χ4v) is 3.48. The number of phenols is 1. The SMILES string of the molecule is Cc1[nH]nc(-c2ccc(OCc3ccc(Cl)cc3)c(C)c2O)c1-c1ccccc1. The molecule has 29 heavy (non-hydrogen) atoms. The number of aromatic amines is 1. The van der Waals surface area contributed by atoms with E-state index in [1.165, 1.54) is 0 Å². The molecule has 1 heterocycles. The highest BCUT2D eigenvalue weighted by atomic mass is 35.5. The highest BCUT2D eigenvalue weighted by molar-refractivity contribution is 6.30. The molecule has 4 rings (SSSR count). The molecule has 0 atom stereocenters. The van der Waals surface area contributed by atoms with E-state index < -0.39 is 0 Å². The quantitative estimate of drug-likeness (QED) is 0.410. The van der Waals surface area contributed by atoms with Crippen LogP contribution in [0.2, 0.25) is 5.02 Å². The monoisotopic (exact) mass is 404 g/mol. The van der Waals surface area contributed by atoms with Crippen LogP contribution in [0, 0.1) is 13.8 Å². The van der Waals surface area contributed by atoms with Crippen LogP contribution in [0.1, 0.15) is 16.8 Å². The van der Waals surface area contributed by atoms with Crippen LogP contribution in [0.5, 0.6) is 11.5 Å². The van der Waals surface area contributed by atoms with Gasteiger partial charge < -0.3 is 9.84 Å². The van der Waals surface area contributed by atoms with Crippen molar-refractivity contribution in [3.63, 3.8) is 0 Å². The third kappa shape index (κ3) is 3.84. The van der Waals surface area contributed by atoms with Gasteiger partial charge in [-0.15, -0.1) is 0 Å². The summed E-state index contributed by atoms with van der Waals surface area (Å²) in [5.74, 6) is 0.803. The van der Waals surface area contributed by atoms with Crippen LogP contribution in [-0.2, 0) is 6.61 Å². The van der Waals surface area contributed by atoms with Gasteiger partial charge in [-0.1, -0.05) is 54.1 Å². The largest absolute Gasteiger partial charge is 0.507 e. The Labute approximate surface area is 174 Å². The van der Waals surface area contributed by atoms with E-state index >= 15 is 0 Å². The molecule has 0 aliphatic carbocycles. The van der Waals surface area contributed by atoms with E-state index in [-0.39, 0.29) is 5.75 Å². The highest BCUT2D eigenvalue weighted by Gasteiger charge is 2.19. The maximum atomic E-state index is 10.9. The lowest BCUT2D eigenvalue weighted by molar-refractivity contribution is 0.302. The Hall–Kier alpha value is -3.24. The van der Waals surface area contributed by atoms with Crippen molar-refractivity contribution in [2.45, 2.75) is 20.5 Å². The Kier molecular flexibility index (Phi) is 5.28. The number of ether oxygens (including phenoxy) is 1. The second kappa shape index (κ2) is 8.02. The summed E-state index contributed by atoms with van der Waals surface area (Å²) in [6.07, 6.45) is 0. The van der Waals surface area contributed by atoms with Crippen LogP contribution in [0.15, 0.2) is 66.7 Å². The zero-order chi connectivity index (χ0) is 20.4. The molecule has 0 spiro atoms. The van der Waals surface area contributed by atoms with Gasteiger partial charge in [0, 0.05) is 27.4 Å². The van der Waals surface area contributed by atoms with Crippen LogP contribution in [-0.4, -0.2) is 15.3 Å². The molecule has 4 aromatic rings. The lowest BCUT2D eigenvalue weighted by Crippen LogP contribution is -1.98. The van der Waals surface area contributed by atoms with E-state index in [0.717, 1.165) is 28.1 Å². The third-order valence-electron chi connectivity index (χ3n) is 4.95. The number of hydrogen-bond donors (Lipinski definition) is 2. The molecule has 0 unspecified atom stereocenters. The number of aromatic hydroxyl groups is 1. The molecule has 146 valence electrons. The van der Waals surface area contributed by atoms with Gasteiger partial charge in [0.15, 0.2) is 0 Å². The van der Waals surface area contributed by atoms with E-state index in [9.17, 15) is 5.11 Å². The number of aromatic nitrogens is 2. The van der Waals surface area contributed by atoms with Crippen LogP contribution < -0.4 is 4.74 Å². The van der Waals surface area contributed by atoms with Gasteiger partial charge in [0.25, 0.3) is 0 Å². The number of halogens is 1. The number of phenolic OH excluding ortho intramolecular Hbond substituents is 1. The first-order chi connectivity index (χ1) is 14.0. The minimum Gasteiger partial charge on any atom is -0.507 e. The first-order valence-electron chi connectivity index (χ1n) is 9.35. The van der Waals surface area contributed by atoms with Crippen LogP contribution in [0.3, 0.4) is 0 Å². The maximum absolute atomic E-state index is 10.9. The van der Waals surface area contributed by atoms with Crippen LogP contribution in [0.4, 0.5) is 0 Å². The van der Waals surface area contributed by atoms with Crippen molar-refractivity contribution in [3.8, 4) is 33.9 Å². The average molecular weight is 405 g/mol. The highest BCUT2D eigenvalue weighted by Crippen LogP contribution is 2.41.